The van der Waals surface area contributed by atoms with Gasteiger partial charge in [0.2, 0.25) is 0 Å². The minimum atomic E-state index is -0.291. The highest BCUT2D eigenvalue weighted by Crippen LogP contribution is 2.37. The third-order valence-electron chi connectivity index (χ3n) is 4.96. The molecule has 0 radical (unpaired) electrons. The van der Waals surface area contributed by atoms with Crippen LogP contribution in [0.25, 0.3) is 22.0 Å². The van der Waals surface area contributed by atoms with Gasteiger partial charge in [-0.3, -0.25) is 4.79 Å². The van der Waals surface area contributed by atoms with Crippen molar-refractivity contribution >= 4 is 22.5 Å². The first-order valence-corrected chi connectivity index (χ1v) is 8.78. The van der Waals surface area contributed by atoms with E-state index in [2.05, 4.69) is 0 Å². The second-order valence-electron chi connectivity index (χ2n) is 6.73. The highest BCUT2D eigenvalue weighted by Gasteiger charge is 2.31. The van der Waals surface area contributed by atoms with Crippen LogP contribution in [0.2, 0.25) is 0 Å². The van der Waals surface area contributed by atoms with Crippen LogP contribution in [0.4, 0.5) is 10.1 Å². The van der Waals surface area contributed by atoms with Gasteiger partial charge < -0.3 is 10.6 Å². The molecule has 0 aliphatic carbocycles. The van der Waals surface area contributed by atoms with Gasteiger partial charge in [-0.1, -0.05) is 31.2 Å². The van der Waals surface area contributed by atoms with Gasteiger partial charge in [0.15, 0.2) is 0 Å². The largest absolute Gasteiger partial charge is 0.397 e. The molecule has 5 heteroatoms. The fourth-order valence-corrected chi connectivity index (χ4v) is 3.68. The maximum atomic E-state index is 13.8. The lowest BCUT2D eigenvalue weighted by molar-refractivity contribution is 0.0779. The molecule has 0 unspecified atom stereocenters. The molecule has 26 heavy (non-hydrogen) atoms. The SMILES string of the molecule is CCCN1Cc2nc3c(-c4cc(F)ccc4C)cccc3c(N)c2C1=O. The van der Waals surface area contributed by atoms with E-state index in [9.17, 15) is 9.18 Å². The van der Waals surface area contributed by atoms with E-state index in [1.807, 2.05) is 32.0 Å². The Morgan fingerprint density at radius 2 is 2.04 bits per heavy atom. The predicted octanol–water partition coefficient (Wildman–Crippen LogP) is 4.30. The second kappa shape index (κ2) is 6.09. The molecule has 0 fully saturated rings. The van der Waals surface area contributed by atoms with E-state index in [0.717, 1.165) is 28.5 Å². The van der Waals surface area contributed by atoms with Crippen LogP contribution in [-0.2, 0) is 6.54 Å². The average Bonchev–Trinajstić information content (AvgIpc) is 2.93. The third kappa shape index (κ3) is 2.43. The lowest BCUT2D eigenvalue weighted by atomic mass is 9.96. The number of para-hydroxylation sites is 1. The number of aromatic nitrogens is 1. The molecule has 4 rings (SSSR count). The first kappa shape index (κ1) is 16.5. The third-order valence-corrected chi connectivity index (χ3v) is 4.96. The maximum absolute atomic E-state index is 13.8. The summed E-state index contributed by atoms with van der Waals surface area (Å²) in [5.74, 6) is -0.345. The van der Waals surface area contributed by atoms with E-state index < -0.39 is 0 Å². The minimum absolute atomic E-state index is 0.0545. The molecule has 0 bridgehead atoms. The zero-order valence-corrected chi connectivity index (χ0v) is 14.8. The number of pyridine rings is 1. The monoisotopic (exact) mass is 349 g/mol. The Balaban J connectivity index is 1.97. The first-order valence-electron chi connectivity index (χ1n) is 8.78. The van der Waals surface area contributed by atoms with Gasteiger partial charge in [0.05, 0.1) is 29.0 Å². The summed E-state index contributed by atoms with van der Waals surface area (Å²) in [6.07, 6.45) is 0.882. The van der Waals surface area contributed by atoms with Crippen molar-refractivity contribution in [1.82, 2.24) is 9.88 Å². The number of carbonyl (C=O) groups is 1. The highest BCUT2D eigenvalue weighted by molar-refractivity contribution is 6.11. The topological polar surface area (TPSA) is 59.2 Å². The van der Waals surface area contributed by atoms with Crippen LogP contribution in [0.3, 0.4) is 0 Å². The summed E-state index contributed by atoms with van der Waals surface area (Å²) in [4.78, 5) is 19.2. The zero-order chi connectivity index (χ0) is 18.4. The molecule has 0 saturated carbocycles. The standard InChI is InChI=1S/C21H20FN3O/c1-3-9-25-11-17-18(21(25)26)19(23)15-6-4-5-14(20(15)24-17)16-10-13(22)8-7-12(16)2/h4-8,10H,3,9,11H2,1-2H3,(H2,23,24). The van der Waals surface area contributed by atoms with E-state index in [1.165, 1.54) is 12.1 Å². The van der Waals surface area contributed by atoms with Crippen molar-refractivity contribution < 1.29 is 9.18 Å². The minimum Gasteiger partial charge on any atom is -0.397 e. The Bertz CT molecular complexity index is 1050. The van der Waals surface area contributed by atoms with Gasteiger partial charge in [0, 0.05) is 17.5 Å². The Morgan fingerprint density at radius 1 is 1.23 bits per heavy atom. The number of fused-ring (bicyclic) bond motifs is 2. The molecule has 1 aliphatic heterocycles. The molecule has 1 aliphatic rings. The van der Waals surface area contributed by atoms with Gasteiger partial charge in [-0.25, -0.2) is 9.37 Å². The van der Waals surface area contributed by atoms with Crippen molar-refractivity contribution in [3.05, 3.63) is 59.0 Å². The smallest absolute Gasteiger partial charge is 0.258 e. The molecule has 3 aromatic rings. The number of nitrogens with zero attached hydrogens (tertiary/aromatic N) is 2. The first-order chi connectivity index (χ1) is 12.5. The molecular weight excluding hydrogens is 329 g/mol. The van der Waals surface area contributed by atoms with Crippen LogP contribution in [0, 0.1) is 12.7 Å². The van der Waals surface area contributed by atoms with Gasteiger partial charge in [-0.05, 0) is 36.6 Å². The Hall–Kier alpha value is -2.95. The molecule has 2 aromatic carbocycles. The van der Waals surface area contributed by atoms with Crippen LogP contribution in [0.5, 0.6) is 0 Å². The average molecular weight is 349 g/mol. The van der Waals surface area contributed by atoms with Crippen molar-refractivity contribution in [2.45, 2.75) is 26.8 Å². The van der Waals surface area contributed by atoms with Gasteiger partial charge >= 0.3 is 0 Å². The zero-order valence-electron chi connectivity index (χ0n) is 14.8. The van der Waals surface area contributed by atoms with Crippen LogP contribution in [0.15, 0.2) is 36.4 Å². The number of hydrogen-bond acceptors (Lipinski definition) is 3. The maximum Gasteiger partial charge on any atom is 0.258 e. The number of benzene rings is 2. The van der Waals surface area contributed by atoms with E-state index in [-0.39, 0.29) is 11.7 Å². The predicted molar refractivity (Wildman–Crippen MR) is 101 cm³/mol. The summed E-state index contributed by atoms with van der Waals surface area (Å²) in [5, 5.41) is 0.733. The van der Waals surface area contributed by atoms with Crippen molar-refractivity contribution in [3.63, 3.8) is 0 Å². The molecule has 132 valence electrons. The number of rotatable bonds is 3. The molecule has 2 N–H and O–H groups in total. The number of anilines is 1. The van der Waals surface area contributed by atoms with Gasteiger partial charge in [0.1, 0.15) is 5.82 Å². The summed E-state index contributed by atoms with van der Waals surface area (Å²) in [7, 11) is 0. The van der Waals surface area contributed by atoms with E-state index in [4.69, 9.17) is 10.7 Å². The second-order valence-corrected chi connectivity index (χ2v) is 6.73. The van der Waals surface area contributed by atoms with Crippen molar-refractivity contribution in [1.29, 1.82) is 0 Å². The van der Waals surface area contributed by atoms with Crippen LogP contribution >= 0.6 is 0 Å². The fourth-order valence-electron chi connectivity index (χ4n) is 3.68. The van der Waals surface area contributed by atoms with Gasteiger partial charge in [0.25, 0.3) is 5.91 Å². The molecule has 1 amide bonds. The van der Waals surface area contributed by atoms with E-state index in [1.54, 1.807) is 11.0 Å². The summed E-state index contributed by atoms with van der Waals surface area (Å²) >= 11 is 0. The number of nitrogen functional groups attached to an aromatic ring is 1. The number of aryl methyl sites for hydroxylation is 1. The highest BCUT2D eigenvalue weighted by atomic mass is 19.1. The van der Waals surface area contributed by atoms with Crippen molar-refractivity contribution in [2.75, 3.05) is 12.3 Å². The molecule has 1 aromatic heterocycles. The Morgan fingerprint density at radius 3 is 2.81 bits per heavy atom. The fraction of sp³-hybridized carbons (Fsp3) is 0.238. The summed E-state index contributed by atoms with van der Waals surface area (Å²) in [6, 6.07) is 10.4. The van der Waals surface area contributed by atoms with Crippen LogP contribution < -0.4 is 5.73 Å². The number of hydrogen-bond donors (Lipinski definition) is 1. The molecule has 0 saturated heterocycles. The van der Waals surface area contributed by atoms with Crippen LogP contribution in [-0.4, -0.2) is 22.3 Å². The Labute approximate surface area is 151 Å². The molecular formula is C21H20FN3O. The normalized spacial score (nSPS) is 13.5. The summed E-state index contributed by atoms with van der Waals surface area (Å²) in [5.41, 5.74) is 11.3. The molecule has 2 heterocycles. The number of halogens is 1. The molecule has 4 nitrogen and oxygen atoms in total. The number of carbonyl (C=O) groups excluding carboxylic acids is 1. The van der Waals surface area contributed by atoms with Gasteiger partial charge in [-0.15, -0.1) is 0 Å². The summed E-state index contributed by atoms with van der Waals surface area (Å²) < 4.78 is 13.8. The van der Waals surface area contributed by atoms with E-state index >= 15 is 0 Å². The molecule has 0 spiro atoms. The summed E-state index contributed by atoms with van der Waals surface area (Å²) in [6.45, 7) is 5.13. The lowest BCUT2D eigenvalue weighted by Crippen LogP contribution is -2.24. The van der Waals surface area contributed by atoms with Gasteiger partial charge in [-0.2, -0.15) is 0 Å². The van der Waals surface area contributed by atoms with Crippen LogP contribution in [0.1, 0.15) is 35.0 Å². The Kier molecular flexibility index (Phi) is 3.87. The lowest BCUT2D eigenvalue weighted by Gasteiger charge is -2.13. The molecule has 0 atom stereocenters. The number of amides is 1. The van der Waals surface area contributed by atoms with Crippen molar-refractivity contribution in [3.8, 4) is 11.1 Å². The van der Waals surface area contributed by atoms with Crippen molar-refractivity contribution in [2.24, 2.45) is 0 Å². The van der Waals surface area contributed by atoms with E-state index in [0.29, 0.717) is 35.6 Å². The number of nitrogens with two attached hydrogens (primary N) is 1. The quantitative estimate of drug-likeness (QED) is 0.767.